The summed E-state index contributed by atoms with van der Waals surface area (Å²) < 4.78 is 5.65. The third kappa shape index (κ3) is 7.95. The number of hydrazine groups is 1. The molecular weight excluding hydrogens is 390 g/mol. The van der Waals surface area contributed by atoms with Gasteiger partial charge in [0, 0.05) is 17.4 Å². The molecule has 0 saturated heterocycles. The minimum atomic E-state index is -0.414. The van der Waals surface area contributed by atoms with Gasteiger partial charge in [-0.2, -0.15) is 0 Å². The number of hydrogen-bond acceptors (Lipinski definition) is 5. The molecule has 0 spiro atoms. The van der Waals surface area contributed by atoms with Crippen molar-refractivity contribution in [1.82, 2.24) is 16.2 Å². The Bertz CT molecular complexity index is 818. The van der Waals surface area contributed by atoms with Crippen LogP contribution < -0.4 is 20.9 Å². The normalized spacial score (nSPS) is 10.3. The van der Waals surface area contributed by atoms with Gasteiger partial charge in [0.1, 0.15) is 5.75 Å². The van der Waals surface area contributed by atoms with Crippen LogP contribution in [-0.2, 0) is 11.3 Å². The second-order valence-corrected chi connectivity index (χ2v) is 7.69. The van der Waals surface area contributed by atoms with Crippen LogP contribution in [0.5, 0.6) is 5.75 Å². The van der Waals surface area contributed by atoms with Gasteiger partial charge in [0.15, 0.2) is 0 Å². The fraction of sp³-hybridized carbons (Fsp3) is 0.381. The number of nitrogens with one attached hydrogen (secondary N) is 3. The zero-order chi connectivity index (χ0) is 21.1. The van der Waals surface area contributed by atoms with Crippen molar-refractivity contribution in [3.8, 4) is 5.75 Å². The number of carbonyl (C=O) groups excluding carboxylic acids is 3. The minimum Gasteiger partial charge on any atom is -0.494 e. The standard InChI is InChI=1S/C21H27N3O4S/c1-3-4-5-6-13-28-17-9-7-16(8-10-17)20(26)23-24-21(27)19-12-11-18(29-19)14-22-15(2)25/h7-12H,3-6,13-14H2,1-2H3,(H,22,25)(H,23,26)(H,24,27). The molecule has 2 aromatic rings. The van der Waals surface area contributed by atoms with Crippen LogP contribution in [0.2, 0.25) is 0 Å². The number of ether oxygens (including phenoxy) is 1. The molecule has 0 aliphatic rings. The molecule has 0 unspecified atom stereocenters. The SMILES string of the molecule is CCCCCCOc1ccc(C(=O)NNC(=O)c2ccc(CNC(C)=O)s2)cc1. The molecule has 156 valence electrons. The molecule has 1 aromatic carbocycles. The van der Waals surface area contributed by atoms with Gasteiger partial charge in [0.05, 0.1) is 18.0 Å². The highest BCUT2D eigenvalue weighted by molar-refractivity contribution is 7.14. The third-order valence-corrected chi connectivity index (χ3v) is 5.15. The molecule has 3 N–H and O–H groups in total. The van der Waals surface area contributed by atoms with E-state index in [0.29, 0.717) is 29.3 Å². The van der Waals surface area contributed by atoms with Crippen molar-refractivity contribution in [2.24, 2.45) is 0 Å². The molecule has 0 atom stereocenters. The lowest BCUT2D eigenvalue weighted by molar-refractivity contribution is -0.119. The van der Waals surface area contributed by atoms with Crippen LogP contribution in [0.15, 0.2) is 36.4 Å². The lowest BCUT2D eigenvalue weighted by Crippen LogP contribution is -2.41. The van der Waals surface area contributed by atoms with E-state index in [-0.39, 0.29) is 5.91 Å². The van der Waals surface area contributed by atoms with Crippen molar-refractivity contribution < 1.29 is 19.1 Å². The molecule has 1 aromatic heterocycles. The van der Waals surface area contributed by atoms with Gasteiger partial charge in [0.25, 0.3) is 11.8 Å². The number of thiophene rings is 1. The Morgan fingerprint density at radius 1 is 0.931 bits per heavy atom. The van der Waals surface area contributed by atoms with Crippen LogP contribution in [0.25, 0.3) is 0 Å². The zero-order valence-electron chi connectivity index (χ0n) is 16.7. The van der Waals surface area contributed by atoms with E-state index < -0.39 is 11.8 Å². The van der Waals surface area contributed by atoms with Crippen LogP contribution in [0.4, 0.5) is 0 Å². The topological polar surface area (TPSA) is 96.5 Å². The predicted octanol–water partition coefficient (Wildman–Crippen LogP) is 3.42. The fourth-order valence-corrected chi connectivity index (χ4v) is 3.32. The van der Waals surface area contributed by atoms with Gasteiger partial charge in [-0.1, -0.05) is 26.2 Å². The molecule has 8 heteroatoms. The van der Waals surface area contributed by atoms with E-state index in [2.05, 4.69) is 23.1 Å². The third-order valence-electron chi connectivity index (χ3n) is 4.07. The van der Waals surface area contributed by atoms with E-state index in [1.807, 2.05) is 0 Å². The van der Waals surface area contributed by atoms with Crippen molar-refractivity contribution >= 4 is 29.1 Å². The Morgan fingerprint density at radius 3 is 2.34 bits per heavy atom. The van der Waals surface area contributed by atoms with Crippen LogP contribution in [0.3, 0.4) is 0 Å². The quantitative estimate of drug-likeness (QED) is 0.408. The van der Waals surface area contributed by atoms with Gasteiger partial charge >= 0.3 is 0 Å². The Kier molecular flexibility index (Phi) is 9.17. The van der Waals surface area contributed by atoms with Crippen molar-refractivity contribution in [3.05, 3.63) is 51.7 Å². The molecule has 2 rings (SSSR count). The second kappa shape index (κ2) is 11.9. The Morgan fingerprint density at radius 2 is 1.66 bits per heavy atom. The summed E-state index contributed by atoms with van der Waals surface area (Å²) in [5.41, 5.74) is 5.22. The van der Waals surface area contributed by atoms with Gasteiger partial charge in [-0.05, 0) is 42.8 Å². The van der Waals surface area contributed by atoms with E-state index in [1.165, 1.54) is 31.1 Å². The average molecular weight is 418 g/mol. The smallest absolute Gasteiger partial charge is 0.279 e. The summed E-state index contributed by atoms with van der Waals surface area (Å²) in [5, 5.41) is 2.67. The first-order chi connectivity index (χ1) is 14.0. The average Bonchev–Trinajstić information content (AvgIpc) is 3.20. The van der Waals surface area contributed by atoms with E-state index >= 15 is 0 Å². The molecule has 0 aliphatic carbocycles. The maximum Gasteiger partial charge on any atom is 0.279 e. The number of rotatable bonds is 10. The highest BCUT2D eigenvalue weighted by Gasteiger charge is 2.12. The zero-order valence-corrected chi connectivity index (χ0v) is 17.6. The van der Waals surface area contributed by atoms with Crippen molar-refractivity contribution in [2.75, 3.05) is 6.61 Å². The first-order valence-corrected chi connectivity index (χ1v) is 10.5. The highest BCUT2D eigenvalue weighted by atomic mass is 32.1. The fourth-order valence-electron chi connectivity index (χ4n) is 2.48. The minimum absolute atomic E-state index is 0.135. The lowest BCUT2D eigenvalue weighted by atomic mass is 10.2. The molecule has 3 amide bonds. The molecule has 0 radical (unpaired) electrons. The first kappa shape index (κ1) is 22.4. The van der Waals surface area contributed by atoms with Gasteiger partial charge in [0.2, 0.25) is 5.91 Å². The Balaban J connectivity index is 1.76. The molecule has 0 bridgehead atoms. The van der Waals surface area contributed by atoms with Crippen LogP contribution in [0.1, 0.15) is 64.4 Å². The Hall–Kier alpha value is -2.87. The number of hydrogen-bond donors (Lipinski definition) is 3. The summed E-state index contributed by atoms with van der Waals surface area (Å²) in [7, 11) is 0. The molecular formula is C21H27N3O4S. The van der Waals surface area contributed by atoms with Gasteiger partial charge in [-0.15, -0.1) is 11.3 Å². The Labute approximate surface area is 174 Å². The van der Waals surface area contributed by atoms with Crippen LogP contribution in [0, 0.1) is 0 Å². The maximum absolute atomic E-state index is 12.2. The monoisotopic (exact) mass is 417 g/mol. The van der Waals surface area contributed by atoms with Crippen molar-refractivity contribution in [2.45, 2.75) is 46.1 Å². The number of carbonyl (C=O) groups is 3. The maximum atomic E-state index is 12.2. The molecule has 0 fully saturated rings. The van der Waals surface area contributed by atoms with E-state index in [0.717, 1.165) is 17.7 Å². The van der Waals surface area contributed by atoms with Gasteiger partial charge in [-0.25, -0.2) is 0 Å². The summed E-state index contributed by atoms with van der Waals surface area (Å²) in [6, 6.07) is 10.2. The summed E-state index contributed by atoms with van der Waals surface area (Å²) in [5.74, 6) is -0.246. The summed E-state index contributed by atoms with van der Waals surface area (Å²) in [4.78, 5) is 36.6. The second-order valence-electron chi connectivity index (χ2n) is 6.52. The van der Waals surface area contributed by atoms with E-state index in [4.69, 9.17) is 4.74 Å². The van der Waals surface area contributed by atoms with Crippen molar-refractivity contribution in [1.29, 1.82) is 0 Å². The van der Waals surface area contributed by atoms with E-state index in [9.17, 15) is 14.4 Å². The van der Waals surface area contributed by atoms with Crippen molar-refractivity contribution in [3.63, 3.8) is 0 Å². The van der Waals surface area contributed by atoms with Gasteiger partial charge in [-0.3, -0.25) is 25.2 Å². The van der Waals surface area contributed by atoms with E-state index in [1.54, 1.807) is 36.4 Å². The number of amides is 3. The predicted molar refractivity (Wildman–Crippen MR) is 113 cm³/mol. The molecule has 0 saturated carbocycles. The molecule has 29 heavy (non-hydrogen) atoms. The molecule has 0 aliphatic heterocycles. The van der Waals surface area contributed by atoms with Crippen LogP contribution in [-0.4, -0.2) is 24.3 Å². The lowest BCUT2D eigenvalue weighted by Gasteiger charge is -2.08. The summed E-state index contributed by atoms with van der Waals surface area (Å²) >= 11 is 1.25. The number of benzene rings is 1. The molecule has 7 nitrogen and oxygen atoms in total. The number of unbranched alkanes of at least 4 members (excludes halogenated alkanes) is 3. The first-order valence-electron chi connectivity index (χ1n) is 9.66. The van der Waals surface area contributed by atoms with Gasteiger partial charge < -0.3 is 10.1 Å². The molecule has 1 heterocycles. The highest BCUT2D eigenvalue weighted by Crippen LogP contribution is 2.16. The van der Waals surface area contributed by atoms with Crippen LogP contribution >= 0.6 is 11.3 Å². The summed E-state index contributed by atoms with van der Waals surface area (Å²) in [6.07, 6.45) is 4.55. The summed E-state index contributed by atoms with van der Waals surface area (Å²) in [6.45, 7) is 4.63. The largest absolute Gasteiger partial charge is 0.494 e.